The molecule has 5 heteroatoms. The predicted molar refractivity (Wildman–Crippen MR) is 82.6 cm³/mol. The molecule has 1 saturated carbocycles. The zero-order valence-electron chi connectivity index (χ0n) is 12.0. The molecule has 20 heavy (non-hydrogen) atoms. The van der Waals surface area contributed by atoms with Crippen molar-refractivity contribution in [1.29, 1.82) is 0 Å². The van der Waals surface area contributed by atoms with Gasteiger partial charge in [-0.15, -0.1) is 0 Å². The zero-order valence-corrected chi connectivity index (χ0v) is 12.8. The number of hydrogen-bond acceptors (Lipinski definition) is 3. The first-order chi connectivity index (χ1) is 9.46. The molecule has 3 N–H and O–H groups in total. The summed E-state index contributed by atoms with van der Waals surface area (Å²) in [6, 6.07) is 7.04. The molecule has 1 aliphatic rings. The molecule has 0 aromatic heterocycles. The van der Waals surface area contributed by atoms with Gasteiger partial charge < -0.3 is 5.73 Å². The highest BCUT2D eigenvalue weighted by Gasteiger charge is 2.23. The van der Waals surface area contributed by atoms with Crippen LogP contribution in [0.15, 0.2) is 24.3 Å². The monoisotopic (exact) mass is 296 g/mol. The van der Waals surface area contributed by atoms with Crippen LogP contribution in [0.25, 0.3) is 0 Å². The van der Waals surface area contributed by atoms with Crippen LogP contribution in [0.5, 0.6) is 0 Å². The number of nitrogen functional groups attached to an aromatic ring is 1. The predicted octanol–water partition coefficient (Wildman–Crippen LogP) is 2.51. The molecule has 1 aliphatic carbocycles. The summed E-state index contributed by atoms with van der Waals surface area (Å²) < 4.78 is 27.0. The average Bonchev–Trinajstić information content (AvgIpc) is 2.37. The highest BCUT2D eigenvalue weighted by Crippen LogP contribution is 2.29. The van der Waals surface area contributed by atoms with Crippen LogP contribution in [0.3, 0.4) is 0 Å². The van der Waals surface area contributed by atoms with E-state index in [1.165, 1.54) is 19.3 Å². The summed E-state index contributed by atoms with van der Waals surface area (Å²) in [7, 11) is -3.28. The van der Waals surface area contributed by atoms with Gasteiger partial charge in [0.15, 0.2) is 0 Å². The van der Waals surface area contributed by atoms with Gasteiger partial charge in [-0.3, -0.25) is 0 Å². The Kier molecular flexibility index (Phi) is 5.05. The lowest BCUT2D eigenvalue weighted by Crippen LogP contribution is -2.34. The first-order valence-corrected chi connectivity index (χ1v) is 8.93. The lowest BCUT2D eigenvalue weighted by molar-refractivity contribution is 0.257. The Morgan fingerprint density at radius 3 is 2.75 bits per heavy atom. The first-order valence-electron chi connectivity index (χ1n) is 7.28. The molecule has 1 aromatic carbocycles. The third-order valence-electron chi connectivity index (χ3n) is 4.16. The van der Waals surface area contributed by atoms with Gasteiger partial charge in [0.2, 0.25) is 10.0 Å². The molecule has 1 fully saturated rings. The highest BCUT2D eigenvalue weighted by atomic mass is 32.2. The Balaban J connectivity index is 1.90. The van der Waals surface area contributed by atoms with Crippen molar-refractivity contribution in [2.45, 2.75) is 38.4 Å². The molecule has 2 unspecified atom stereocenters. The fourth-order valence-corrected chi connectivity index (χ4v) is 4.07. The number of rotatable bonds is 5. The molecule has 0 aliphatic heterocycles. The largest absolute Gasteiger partial charge is 0.399 e. The maximum Gasteiger partial charge on any atom is 0.215 e. The standard InChI is InChI=1S/C15H24N2O2S/c1-12-5-2-3-7-14(12)10-17-20(18,19)11-13-6-4-8-15(16)9-13/h4,6,8-9,12,14,17H,2-3,5,7,10-11,16H2,1H3. The second-order valence-corrected chi connectivity index (χ2v) is 7.68. The van der Waals surface area contributed by atoms with Crippen molar-refractivity contribution in [2.24, 2.45) is 11.8 Å². The molecule has 0 spiro atoms. The fourth-order valence-electron chi connectivity index (χ4n) is 2.88. The third kappa shape index (κ3) is 4.49. The molecule has 112 valence electrons. The van der Waals surface area contributed by atoms with Crippen molar-refractivity contribution < 1.29 is 8.42 Å². The first kappa shape index (κ1) is 15.3. The van der Waals surface area contributed by atoms with Crippen LogP contribution in [-0.2, 0) is 15.8 Å². The van der Waals surface area contributed by atoms with E-state index in [0.29, 0.717) is 24.1 Å². The number of nitrogens with two attached hydrogens (primary N) is 1. The lowest BCUT2D eigenvalue weighted by atomic mass is 9.81. The molecule has 2 atom stereocenters. The van der Waals surface area contributed by atoms with E-state index in [0.717, 1.165) is 12.0 Å². The van der Waals surface area contributed by atoms with Crippen molar-refractivity contribution in [1.82, 2.24) is 4.72 Å². The molecule has 0 amide bonds. The summed E-state index contributed by atoms with van der Waals surface area (Å²) in [4.78, 5) is 0. The van der Waals surface area contributed by atoms with Crippen LogP contribution < -0.4 is 10.5 Å². The number of benzene rings is 1. The molecule has 2 rings (SSSR count). The van der Waals surface area contributed by atoms with Gasteiger partial charge in [-0.25, -0.2) is 13.1 Å². The van der Waals surface area contributed by atoms with Gasteiger partial charge in [-0.05, 0) is 36.0 Å². The maximum atomic E-state index is 12.1. The molecular formula is C15H24N2O2S. The lowest BCUT2D eigenvalue weighted by Gasteiger charge is -2.28. The topological polar surface area (TPSA) is 72.2 Å². The van der Waals surface area contributed by atoms with E-state index in [4.69, 9.17) is 5.73 Å². The van der Waals surface area contributed by atoms with E-state index in [2.05, 4.69) is 11.6 Å². The van der Waals surface area contributed by atoms with Gasteiger partial charge in [-0.2, -0.15) is 0 Å². The van der Waals surface area contributed by atoms with Crippen LogP contribution >= 0.6 is 0 Å². The minimum atomic E-state index is -3.28. The second kappa shape index (κ2) is 6.59. The smallest absolute Gasteiger partial charge is 0.215 e. The molecule has 1 aromatic rings. The Labute approximate surface area is 121 Å². The minimum absolute atomic E-state index is 0.000852. The van der Waals surface area contributed by atoms with Crippen molar-refractivity contribution in [3.05, 3.63) is 29.8 Å². The van der Waals surface area contributed by atoms with Gasteiger partial charge in [0.05, 0.1) is 5.75 Å². The maximum absolute atomic E-state index is 12.1. The van der Waals surface area contributed by atoms with Crippen LogP contribution in [0, 0.1) is 11.8 Å². The molecule has 0 radical (unpaired) electrons. The zero-order chi connectivity index (χ0) is 14.6. The number of nitrogens with one attached hydrogen (secondary N) is 1. The molecular weight excluding hydrogens is 272 g/mol. The van der Waals surface area contributed by atoms with E-state index >= 15 is 0 Å². The van der Waals surface area contributed by atoms with E-state index in [9.17, 15) is 8.42 Å². The molecule has 4 nitrogen and oxygen atoms in total. The number of sulfonamides is 1. The van der Waals surface area contributed by atoms with Gasteiger partial charge in [-0.1, -0.05) is 38.3 Å². The molecule has 0 heterocycles. The van der Waals surface area contributed by atoms with Crippen LogP contribution in [-0.4, -0.2) is 15.0 Å². The molecule has 0 bridgehead atoms. The Bertz CT molecular complexity index is 543. The van der Waals surface area contributed by atoms with E-state index in [1.807, 2.05) is 0 Å². The second-order valence-electron chi connectivity index (χ2n) is 5.87. The van der Waals surface area contributed by atoms with Gasteiger partial charge in [0, 0.05) is 12.2 Å². The Morgan fingerprint density at radius 2 is 2.05 bits per heavy atom. The highest BCUT2D eigenvalue weighted by molar-refractivity contribution is 7.88. The fraction of sp³-hybridized carbons (Fsp3) is 0.600. The van der Waals surface area contributed by atoms with E-state index in [1.54, 1.807) is 24.3 Å². The van der Waals surface area contributed by atoms with Crippen molar-refractivity contribution in [2.75, 3.05) is 12.3 Å². The Hall–Kier alpha value is -1.07. The quantitative estimate of drug-likeness (QED) is 0.820. The van der Waals surface area contributed by atoms with Gasteiger partial charge in [0.1, 0.15) is 0 Å². The number of anilines is 1. The normalized spacial score (nSPS) is 23.6. The Morgan fingerprint density at radius 1 is 1.30 bits per heavy atom. The SMILES string of the molecule is CC1CCCCC1CNS(=O)(=O)Cc1cccc(N)c1. The number of hydrogen-bond donors (Lipinski definition) is 2. The van der Waals surface area contributed by atoms with Crippen LogP contribution in [0.2, 0.25) is 0 Å². The van der Waals surface area contributed by atoms with Crippen molar-refractivity contribution in [3.8, 4) is 0 Å². The van der Waals surface area contributed by atoms with Crippen molar-refractivity contribution in [3.63, 3.8) is 0 Å². The summed E-state index contributed by atoms with van der Waals surface area (Å²) in [5, 5.41) is 0. The summed E-state index contributed by atoms with van der Waals surface area (Å²) in [6.45, 7) is 2.78. The average molecular weight is 296 g/mol. The van der Waals surface area contributed by atoms with Crippen LogP contribution in [0.1, 0.15) is 38.2 Å². The summed E-state index contributed by atoms with van der Waals surface area (Å²) in [5.74, 6) is 1.08. The van der Waals surface area contributed by atoms with E-state index < -0.39 is 10.0 Å². The van der Waals surface area contributed by atoms with Crippen molar-refractivity contribution >= 4 is 15.7 Å². The van der Waals surface area contributed by atoms with Gasteiger partial charge in [0.25, 0.3) is 0 Å². The van der Waals surface area contributed by atoms with Gasteiger partial charge >= 0.3 is 0 Å². The van der Waals surface area contributed by atoms with E-state index in [-0.39, 0.29) is 5.75 Å². The van der Waals surface area contributed by atoms with Crippen LogP contribution in [0.4, 0.5) is 5.69 Å². The summed E-state index contributed by atoms with van der Waals surface area (Å²) in [6.07, 6.45) is 4.82. The third-order valence-corrected chi connectivity index (χ3v) is 5.48. The summed E-state index contributed by atoms with van der Waals surface area (Å²) >= 11 is 0. The summed E-state index contributed by atoms with van der Waals surface area (Å²) in [5.41, 5.74) is 7.00. The minimum Gasteiger partial charge on any atom is -0.399 e. The molecule has 0 saturated heterocycles.